The molecule has 0 unspecified atom stereocenters. The zero-order valence-corrected chi connectivity index (χ0v) is 18.9. The van der Waals surface area contributed by atoms with Crippen molar-refractivity contribution in [1.82, 2.24) is 14.7 Å². The van der Waals surface area contributed by atoms with Crippen LogP contribution < -0.4 is 5.43 Å². The van der Waals surface area contributed by atoms with Gasteiger partial charge in [-0.25, -0.2) is 4.68 Å². The van der Waals surface area contributed by atoms with Crippen molar-refractivity contribution in [3.8, 4) is 5.69 Å². The maximum absolute atomic E-state index is 13.5. The van der Waals surface area contributed by atoms with E-state index in [2.05, 4.69) is 31.1 Å². The second-order valence-electron chi connectivity index (χ2n) is 8.72. The van der Waals surface area contributed by atoms with E-state index in [1.807, 2.05) is 12.1 Å². The van der Waals surface area contributed by atoms with Crippen molar-refractivity contribution < 1.29 is 9.72 Å². The van der Waals surface area contributed by atoms with E-state index < -0.39 is 16.3 Å². The number of nitrogens with zero attached hydrogens (tertiary/aromatic N) is 4. The summed E-state index contributed by atoms with van der Waals surface area (Å²) < 4.78 is 1.30. The molecule has 1 amide bonds. The fourth-order valence-electron chi connectivity index (χ4n) is 3.83. The van der Waals surface area contributed by atoms with Crippen LogP contribution in [0.3, 0.4) is 0 Å². The predicted molar refractivity (Wildman–Crippen MR) is 125 cm³/mol. The lowest BCUT2D eigenvalue weighted by Gasteiger charge is -2.23. The molecule has 170 valence electrons. The maximum Gasteiger partial charge on any atom is 0.294 e. The molecule has 33 heavy (non-hydrogen) atoms. The summed E-state index contributed by atoms with van der Waals surface area (Å²) in [7, 11) is 0. The fraction of sp³-hybridized carbons (Fsp3) is 0.320. The Morgan fingerprint density at radius 1 is 1.18 bits per heavy atom. The van der Waals surface area contributed by atoms with Crippen LogP contribution in [-0.2, 0) is 6.54 Å². The SMILES string of the molecule is Cc1cc(=O)c(C(=O)N(Cc2ccc(C(C)C)cc2)C2CC2)nn1-c1ccccc1[N+](=O)[O-]. The van der Waals surface area contributed by atoms with E-state index in [0.29, 0.717) is 18.2 Å². The molecule has 4 rings (SSSR count). The molecule has 1 heterocycles. The van der Waals surface area contributed by atoms with Gasteiger partial charge in [-0.1, -0.05) is 50.2 Å². The number of hydrogen-bond donors (Lipinski definition) is 0. The summed E-state index contributed by atoms with van der Waals surface area (Å²) in [6, 6.07) is 15.6. The number of benzene rings is 2. The number of amides is 1. The van der Waals surface area contributed by atoms with Crippen LogP contribution in [0.5, 0.6) is 0 Å². The second-order valence-corrected chi connectivity index (χ2v) is 8.72. The van der Waals surface area contributed by atoms with Gasteiger partial charge in [0.2, 0.25) is 5.43 Å². The van der Waals surface area contributed by atoms with Gasteiger partial charge in [-0.05, 0) is 42.9 Å². The number of aromatic nitrogens is 2. The molecular weight excluding hydrogens is 420 g/mol. The number of hydrogen-bond acceptors (Lipinski definition) is 5. The van der Waals surface area contributed by atoms with Crippen molar-refractivity contribution in [2.24, 2.45) is 0 Å². The number of nitro groups is 1. The average Bonchev–Trinajstić information content (AvgIpc) is 3.63. The monoisotopic (exact) mass is 446 g/mol. The summed E-state index contributed by atoms with van der Waals surface area (Å²) in [4.78, 5) is 38.9. The van der Waals surface area contributed by atoms with Gasteiger partial charge in [-0.2, -0.15) is 5.10 Å². The third-order valence-electron chi connectivity index (χ3n) is 5.86. The standard InChI is InChI=1S/C25H26N4O4/c1-16(2)19-10-8-18(9-11-19)15-27(20-12-13-20)25(31)24-23(30)14-17(3)28(26-24)21-6-4-5-7-22(21)29(32)33/h4-11,14,16,20H,12-13,15H2,1-3H3. The quantitative estimate of drug-likeness (QED) is 0.396. The van der Waals surface area contributed by atoms with Crippen molar-refractivity contribution in [2.45, 2.75) is 52.1 Å². The number of para-hydroxylation sites is 2. The molecule has 0 atom stereocenters. The summed E-state index contributed by atoms with van der Waals surface area (Å²) in [6.45, 7) is 6.26. The van der Waals surface area contributed by atoms with Crippen LogP contribution in [0.1, 0.15) is 59.9 Å². The molecule has 8 heteroatoms. The summed E-state index contributed by atoms with van der Waals surface area (Å²) in [5, 5.41) is 15.8. The molecule has 1 fully saturated rings. The van der Waals surface area contributed by atoms with Crippen LogP contribution in [0.25, 0.3) is 5.69 Å². The summed E-state index contributed by atoms with van der Waals surface area (Å²) >= 11 is 0. The molecule has 0 N–H and O–H groups in total. The molecule has 1 aromatic heterocycles. The van der Waals surface area contributed by atoms with Crippen LogP contribution in [0, 0.1) is 17.0 Å². The van der Waals surface area contributed by atoms with Crippen LogP contribution in [0.4, 0.5) is 5.69 Å². The Kier molecular flexibility index (Phi) is 6.09. The highest BCUT2D eigenvalue weighted by Gasteiger charge is 2.35. The summed E-state index contributed by atoms with van der Waals surface area (Å²) in [5.41, 5.74) is 1.93. The van der Waals surface area contributed by atoms with Crippen molar-refractivity contribution in [1.29, 1.82) is 0 Å². The molecule has 2 aromatic carbocycles. The third kappa shape index (κ3) is 4.69. The van der Waals surface area contributed by atoms with E-state index in [1.54, 1.807) is 30.0 Å². The lowest BCUT2D eigenvalue weighted by Crippen LogP contribution is -2.37. The number of carbonyl (C=O) groups is 1. The van der Waals surface area contributed by atoms with Gasteiger partial charge >= 0.3 is 0 Å². The molecule has 8 nitrogen and oxygen atoms in total. The highest BCUT2D eigenvalue weighted by Crippen LogP contribution is 2.30. The van der Waals surface area contributed by atoms with Gasteiger partial charge in [0.15, 0.2) is 5.69 Å². The van der Waals surface area contributed by atoms with Gasteiger partial charge in [0.1, 0.15) is 5.69 Å². The smallest absolute Gasteiger partial charge is 0.294 e. The normalized spacial score (nSPS) is 13.2. The molecule has 3 aromatic rings. The van der Waals surface area contributed by atoms with Gasteiger partial charge in [-0.15, -0.1) is 0 Å². The zero-order chi connectivity index (χ0) is 23.7. The van der Waals surface area contributed by atoms with Gasteiger partial charge in [0, 0.05) is 30.4 Å². The largest absolute Gasteiger partial charge is 0.330 e. The maximum atomic E-state index is 13.5. The molecule has 0 radical (unpaired) electrons. The first-order valence-electron chi connectivity index (χ1n) is 11.0. The lowest BCUT2D eigenvalue weighted by atomic mass is 10.0. The fourth-order valence-corrected chi connectivity index (χ4v) is 3.83. The Balaban J connectivity index is 1.70. The summed E-state index contributed by atoms with van der Waals surface area (Å²) in [5.74, 6) is -0.0414. The van der Waals surface area contributed by atoms with Crippen LogP contribution in [-0.4, -0.2) is 31.6 Å². The molecular formula is C25H26N4O4. The first kappa shape index (κ1) is 22.4. The Bertz CT molecular complexity index is 1260. The molecule has 0 aliphatic heterocycles. The number of aryl methyl sites for hydroxylation is 1. The topological polar surface area (TPSA) is 98.3 Å². The minimum absolute atomic E-state index is 0.0595. The van der Waals surface area contributed by atoms with Gasteiger partial charge in [0.05, 0.1) is 4.92 Å². The minimum Gasteiger partial charge on any atom is -0.330 e. The molecule has 1 saturated carbocycles. The molecule has 0 spiro atoms. The van der Waals surface area contributed by atoms with Gasteiger partial charge in [0.25, 0.3) is 11.6 Å². The highest BCUT2D eigenvalue weighted by atomic mass is 16.6. The predicted octanol–water partition coefficient (Wildman–Crippen LogP) is 4.38. The van der Waals surface area contributed by atoms with Gasteiger partial charge < -0.3 is 4.90 Å². The van der Waals surface area contributed by atoms with E-state index >= 15 is 0 Å². The van der Waals surface area contributed by atoms with Crippen LogP contribution >= 0.6 is 0 Å². The second kappa shape index (κ2) is 8.97. The van der Waals surface area contributed by atoms with E-state index in [4.69, 9.17) is 0 Å². The molecule has 1 aliphatic rings. The number of nitro benzene ring substituents is 1. The highest BCUT2D eigenvalue weighted by molar-refractivity contribution is 5.92. The van der Waals surface area contributed by atoms with E-state index in [1.165, 1.54) is 22.4 Å². The Morgan fingerprint density at radius 2 is 1.85 bits per heavy atom. The zero-order valence-electron chi connectivity index (χ0n) is 18.9. The molecule has 1 aliphatic carbocycles. The molecule has 0 bridgehead atoms. The van der Waals surface area contributed by atoms with Crippen LogP contribution in [0.15, 0.2) is 59.4 Å². The Hall–Kier alpha value is -3.81. The number of carbonyl (C=O) groups excluding carboxylic acids is 1. The molecule has 0 saturated heterocycles. The first-order chi connectivity index (χ1) is 15.8. The first-order valence-corrected chi connectivity index (χ1v) is 11.0. The van der Waals surface area contributed by atoms with Crippen molar-refractivity contribution in [3.05, 3.63) is 97.4 Å². The Morgan fingerprint density at radius 3 is 2.45 bits per heavy atom. The van der Waals surface area contributed by atoms with Crippen molar-refractivity contribution >= 4 is 11.6 Å². The van der Waals surface area contributed by atoms with E-state index in [0.717, 1.165) is 18.4 Å². The lowest BCUT2D eigenvalue weighted by molar-refractivity contribution is -0.384. The van der Waals surface area contributed by atoms with E-state index in [9.17, 15) is 19.7 Å². The minimum atomic E-state index is -0.507. The average molecular weight is 447 g/mol. The third-order valence-corrected chi connectivity index (χ3v) is 5.86. The van der Waals surface area contributed by atoms with Crippen LogP contribution in [0.2, 0.25) is 0 Å². The number of rotatable bonds is 7. The van der Waals surface area contributed by atoms with Crippen molar-refractivity contribution in [3.63, 3.8) is 0 Å². The van der Waals surface area contributed by atoms with Gasteiger partial charge in [-0.3, -0.25) is 19.7 Å². The van der Waals surface area contributed by atoms with E-state index in [-0.39, 0.29) is 23.1 Å². The van der Waals surface area contributed by atoms with Crippen molar-refractivity contribution in [2.75, 3.05) is 0 Å². The Labute approximate surface area is 191 Å². The summed E-state index contributed by atoms with van der Waals surface area (Å²) in [6.07, 6.45) is 1.75.